The fraction of sp³-hybridized carbons (Fsp3) is 0.154. The summed E-state index contributed by atoms with van der Waals surface area (Å²) >= 11 is 5.78. The Kier molecular flexibility index (Phi) is 4.29. The summed E-state index contributed by atoms with van der Waals surface area (Å²) < 4.78 is 15.5. The number of benzene rings is 1. The third-order valence-electron chi connectivity index (χ3n) is 2.91. The highest BCUT2D eigenvalue weighted by molar-refractivity contribution is 6.31. The zero-order valence-electron chi connectivity index (χ0n) is 11.9. The summed E-state index contributed by atoms with van der Waals surface area (Å²) in [6, 6.07) is 3.37. The van der Waals surface area contributed by atoms with Crippen LogP contribution in [0.3, 0.4) is 0 Å². The Morgan fingerprint density at radius 3 is 2.88 bits per heavy atom. The number of anilines is 1. The second-order valence-electron chi connectivity index (χ2n) is 4.49. The van der Waals surface area contributed by atoms with Crippen molar-refractivity contribution in [2.75, 3.05) is 18.5 Å². The highest BCUT2D eigenvalue weighted by Crippen LogP contribution is 2.24. The Morgan fingerprint density at radius 2 is 2.17 bits per heavy atom. The molecule has 0 saturated heterocycles. The van der Waals surface area contributed by atoms with E-state index in [1.807, 2.05) is 0 Å². The standard InChI is InChI=1S/C13H9ClN4O6/c14-7-1-2-9(18(20)21)8(5-7)11(19)15-13-17-16-12(24-13)10-6-22-3-4-23-10/h1-2,5-6H,3-4H2,(H,15,17,19). The van der Waals surface area contributed by atoms with Gasteiger partial charge in [0, 0.05) is 11.1 Å². The second-order valence-corrected chi connectivity index (χ2v) is 4.92. The molecule has 0 aliphatic carbocycles. The van der Waals surface area contributed by atoms with Gasteiger partial charge in [-0.05, 0) is 12.1 Å². The second kappa shape index (κ2) is 6.54. The summed E-state index contributed by atoms with van der Waals surface area (Å²) in [5.74, 6) is -0.581. The van der Waals surface area contributed by atoms with Gasteiger partial charge in [-0.1, -0.05) is 16.7 Å². The predicted octanol–water partition coefficient (Wildman–Crippen LogP) is 2.23. The van der Waals surface area contributed by atoms with Crippen LogP contribution in [0.2, 0.25) is 5.02 Å². The van der Waals surface area contributed by atoms with Crippen molar-refractivity contribution in [3.05, 3.63) is 51.1 Å². The smallest absolute Gasteiger partial charge is 0.322 e. The quantitative estimate of drug-likeness (QED) is 0.654. The predicted molar refractivity (Wildman–Crippen MR) is 80.2 cm³/mol. The van der Waals surface area contributed by atoms with E-state index in [4.69, 9.17) is 25.5 Å². The number of hydrogen-bond donors (Lipinski definition) is 1. The van der Waals surface area contributed by atoms with Crippen LogP contribution in [0.15, 0.2) is 28.9 Å². The Hall–Kier alpha value is -3.14. The molecule has 0 unspecified atom stereocenters. The van der Waals surface area contributed by atoms with E-state index in [1.54, 1.807) is 0 Å². The number of ether oxygens (including phenoxy) is 2. The summed E-state index contributed by atoms with van der Waals surface area (Å²) in [7, 11) is 0. The highest BCUT2D eigenvalue weighted by atomic mass is 35.5. The fourth-order valence-electron chi connectivity index (χ4n) is 1.87. The summed E-state index contributed by atoms with van der Waals surface area (Å²) in [6.07, 6.45) is 1.31. The Balaban J connectivity index is 1.81. The lowest BCUT2D eigenvalue weighted by Gasteiger charge is -2.11. The zero-order chi connectivity index (χ0) is 17.1. The Morgan fingerprint density at radius 1 is 1.33 bits per heavy atom. The number of carbonyl (C=O) groups excluding carboxylic acids is 1. The van der Waals surface area contributed by atoms with Crippen LogP contribution in [-0.2, 0) is 9.47 Å². The first kappa shape index (κ1) is 15.7. The third-order valence-corrected chi connectivity index (χ3v) is 3.14. The lowest BCUT2D eigenvalue weighted by atomic mass is 10.1. The van der Waals surface area contributed by atoms with Crippen molar-refractivity contribution >= 4 is 35.0 Å². The maximum Gasteiger partial charge on any atom is 0.322 e. The molecule has 1 aliphatic rings. The highest BCUT2D eigenvalue weighted by Gasteiger charge is 2.23. The number of nitrogens with zero attached hydrogens (tertiary/aromatic N) is 3. The maximum absolute atomic E-state index is 12.2. The van der Waals surface area contributed by atoms with E-state index in [9.17, 15) is 14.9 Å². The zero-order valence-corrected chi connectivity index (χ0v) is 12.6. The number of amides is 1. The number of halogens is 1. The number of nitrogens with one attached hydrogen (secondary N) is 1. The van der Waals surface area contributed by atoms with Crippen molar-refractivity contribution in [2.45, 2.75) is 0 Å². The first-order chi connectivity index (χ1) is 11.5. The van der Waals surface area contributed by atoms with Gasteiger partial charge in [0.2, 0.25) is 5.76 Å². The van der Waals surface area contributed by atoms with Gasteiger partial charge in [0.1, 0.15) is 25.0 Å². The van der Waals surface area contributed by atoms with Gasteiger partial charge >= 0.3 is 6.01 Å². The van der Waals surface area contributed by atoms with E-state index in [-0.39, 0.29) is 28.3 Å². The van der Waals surface area contributed by atoms with Gasteiger partial charge in [-0.15, -0.1) is 5.10 Å². The van der Waals surface area contributed by atoms with E-state index in [0.29, 0.717) is 13.2 Å². The molecule has 24 heavy (non-hydrogen) atoms. The number of carbonyl (C=O) groups is 1. The van der Waals surface area contributed by atoms with Gasteiger partial charge < -0.3 is 13.9 Å². The molecule has 1 aromatic heterocycles. The number of nitro benzene ring substituents is 1. The molecular weight excluding hydrogens is 344 g/mol. The van der Waals surface area contributed by atoms with Crippen LogP contribution in [0.1, 0.15) is 16.2 Å². The monoisotopic (exact) mass is 352 g/mol. The van der Waals surface area contributed by atoms with Crippen molar-refractivity contribution in [1.29, 1.82) is 0 Å². The van der Waals surface area contributed by atoms with E-state index in [1.165, 1.54) is 18.4 Å². The number of aromatic nitrogens is 2. The molecule has 0 fully saturated rings. The molecule has 1 aliphatic heterocycles. The Bertz CT molecular complexity index is 834. The molecule has 1 N–H and O–H groups in total. The van der Waals surface area contributed by atoms with E-state index < -0.39 is 16.5 Å². The average molecular weight is 353 g/mol. The molecule has 0 bridgehead atoms. The van der Waals surface area contributed by atoms with Gasteiger partial charge in [0.25, 0.3) is 17.5 Å². The van der Waals surface area contributed by atoms with Crippen LogP contribution in [-0.4, -0.2) is 34.2 Å². The lowest BCUT2D eigenvalue weighted by molar-refractivity contribution is -0.385. The van der Waals surface area contributed by atoms with Crippen molar-refractivity contribution in [3.8, 4) is 0 Å². The van der Waals surface area contributed by atoms with Gasteiger partial charge in [0.15, 0.2) is 0 Å². The number of hydrogen-bond acceptors (Lipinski definition) is 8. The summed E-state index contributed by atoms with van der Waals surface area (Å²) in [5.41, 5.74) is -0.632. The van der Waals surface area contributed by atoms with Crippen molar-refractivity contribution in [1.82, 2.24) is 10.2 Å². The minimum atomic E-state index is -0.811. The van der Waals surface area contributed by atoms with Crippen LogP contribution in [0.4, 0.5) is 11.7 Å². The molecule has 1 amide bonds. The molecule has 0 saturated carbocycles. The molecule has 2 aromatic rings. The van der Waals surface area contributed by atoms with Crippen LogP contribution >= 0.6 is 11.6 Å². The average Bonchev–Trinajstić information content (AvgIpc) is 3.03. The topological polar surface area (TPSA) is 130 Å². The normalized spacial score (nSPS) is 13.5. The van der Waals surface area contributed by atoms with Crippen LogP contribution in [0.5, 0.6) is 0 Å². The van der Waals surface area contributed by atoms with Gasteiger partial charge in [-0.2, -0.15) is 0 Å². The molecule has 0 radical (unpaired) electrons. The summed E-state index contributed by atoms with van der Waals surface area (Å²) in [4.78, 5) is 22.5. The van der Waals surface area contributed by atoms with E-state index in [0.717, 1.165) is 6.07 Å². The minimum Gasteiger partial charge on any atom is -0.494 e. The van der Waals surface area contributed by atoms with Crippen LogP contribution < -0.4 is 5.32 Å². The fourth-order valence-corrected chi connectivity index (χ4v) is 2.04. The molecule has 2 heterocycles. The van der Waals surface area contributed by atoms with Gasteiger partial charge in [0.05, 0.1) is 4.92 Å². The minimum absolute atomic E-state index is 0.00518. The largest absolute Gasteiger partial charge is 0.494 e. The van der Waals surface area contributed by atoms with Gasteiger partial charge in [-0.25, -0.2) is 0 Å². The SMILES string of the molecule is O=C(Nc1nnc(C2=COCCO2)o1)c1cc(Cl)ccc1[N+](=O)[O-]. The molecular formula is C13H9ClN4O6. The molecule has 1 aromatic carbocycles. The number of nitro groups is 1. The van der Waals surface area contributed by atoms with E-state index >= 15 is 0 Å². The third kappa shape index (κ3) is 3.27. The summed E-state index contributed by atoms with van der Waals surface area (Å²) in [6.45, 7) is 0.726. The Labute approximate surface area is 139 Å². The first-order valence-electron chi connectivity index (χ1n) is 6.58. The molecule has 3 rings (SSSR count). The van der Waals surface area contributed by atoms with Crippen LogP contribution in [0, 0.1) is 10.1 Å². The first-order valence-corrected chi connectivity index (χ1v) is 6.96. The van der Waals surface area contributed by atoms with E-state index in [2.05, 4.69) is 15.5 Å². The number of rotatable bonds is 4. The molecule has 0 atom stereocenters. The summed E-state index contributed by atoms with van der Waals surface area (Å²) in [5, 5.41) is 20.8. The van der Waals surface area contributed by atoms with Crippen molar-refractivity contribution in [3.63, 3.8) is 0 Å². The van der Waals surface area contributed by atoms with Crippen molar-refractivity contribution < 1.29 is 23.6 Å². The molecule has 0 spiro atoms. The molecule has 124 valence electrons. The molecule has 11 heteroatoms. The van der Waals surface area contributed by atoms with Crippen LogP contribution in [0.25, 0.3) is 5.76 Å². The molecule has 10 nitrogen and oxygen atoms in total. The maximum atomic E-state index is 12.2. The lowest BCUT2D eigenvalue weighted by Crippen LogP contribution is -2.14. The van der Waals surface area contributed by atoms with Crippen molar-refractivity contribution in [2.24, 2.45) is 0 Å². The van der Waals surface area contributed by atoms with Gasteiger partial charge in [-0.3, -0.25) is 20.2 Å².